The van der Waals surface area contributed by atoms with Crippen LogP contribution in [0.3, 0.4) is 0 Å². The maximum atomic E-state index is 11.7. The summed E-state index contributed by atoms with van der Waals surface area (Å²) in [6.07, 6.45) is 4.13. The molecule has 25 heavy (non-hydrogen) atoms. The molecule has 0 fully saturated rings. The molecule has 0 saturated carbocycles. The minimum Gasteiger partial charge on any atom is -0.461 e. The summed E-state index contributed by atoms with van der Waals surface area (Å²) in [6, 6.07) is 11.0. The zero-order chi connectivity index (χ0) is 17.6. The van der Waals surface area contributed by atoms with Gasteiger partial charge in [0.15, 0.2) is 5.76 Å². The van der Waals surface area contributed by atoms with Crippen molar-refractivity contribution in [2.75, 3.05) is 0 Å². The third kappa shape index (κ3) is 4.20. The molecule has 0 aliphatic rings. The third-order valence-electron chi connectivity index (χ3n) is 3.18. The van der Waals surface area contributed by atoms with E-state index in [-0.39, 0.29) is 12.3 Å². The molecule has 2 heterocycles. The Morgan fingerprint density at radius 3 is 2.88 bits per heavy atom. The van der Waals surface area contributed by atoms with E-state index in [0.717, 1.165) is 0 Å². The van der Waals surface area contributed by atoms with Crippen LogP contribution in [0, 0.1) is 10.1 Å². The van der Waals surface area contributed by atoms with Gasteiger partial charge in [0.1, 0.15) is 12.3 Å². The van der Waals surface area contributed by atoms with Gasteiger partial charge in [-0.25, -0.2) is 4.79 Å². The van der Waals surface area contributed by atoms with E-state index in [4.69, 9.17) is 13.7 Å². The first kappa shape index (κ1) is 16.2. The second kappa shape index (κ2) is 7.26. The Bertz CT molecular complexity index is 911. The maximum absolute atomic E-state index is 11.7. The molecule has 0 amide bonds. The van der Waals surface area contributed by atoms with Gasteiger partial charge in [-0.1, -0.05) is 17.3 Å². The highest BCUT2D eigenvalue weighted by molar-refractivity contribution is 5.87. The first-order chi connectivity index (χ1) is 12.1. The molecule has 8 nitrogen and oxygen atoms in total. The molecule has 0 radical (unpaired) electrons. The number of aromatic nitrogens is 1. The lowest BCUT2D eigenvalue weighted by molar-refractivity contribution is -0.384. The van der Waals surface area contributed by atoms with Crippen molar-refractivity contribution in [2.45, 2.75) is 6.61 Å². The number of non-ortho nitro benzene ring substituents is 1. The van der Waals surface area contributed by atoms with Gasteiger partial charge in [0, 0.05) is 24.3 Å². The zero-order valence-corrected chi connectivity index (χ0v) is 12.8. The lowest BCUT2D eigenvalue weighted by atomic mass is 10.2. The number of furan rings is 1. The first-order valence-electron chi connectivity index (χ1n) is 7.20. The van der Waals surface area contributed by atoms with E-state index >= 15 is 0 Å². The van der Waals surface area contributed by atoms with Crippen LogP contribution >= 0.6 is 0 Å². The van der Waals surface area contributed by atoms with Gasteiger partial charge in [0.05, 0.1) is 11.2 Å². The Labute approximate surface area is 141 Å². The molecule has 2 aromatic heterocycles. The number of hydrogen-bond donors (Lipinski definition) is 0. The second-order valence-electron chi connectivity index (χ2n) is 4.95. The molecule has 0 N–H and O–H groups in total. The molecule has 3 rings (SSSR count). The van der Waals surface area contributed by atoms with E-state index < -0.39 is 10.9 Å². The third-order valence-corrected chi connectivity index (χ3v) is 3.18. The number of nitro groups is 1. The smallest absolute Gasteiger partial charge is 0.331 e. The van der Waals surface area contributed by atoms with E-state index in [9.17, 15) is 14.9 Å². The van der Waals surface area contributed by atoms with Crippen molar-refractivity contribution in [1.82, 2.24) is 5.16 Å². The fourth-order valence-electron chi connectivity index (χ4n) is 2.01. The maximum Gasteiger partial charge on any atom is 0.331 e. The number of nitro benzene ring substituents is 1. The topological polar surface area (TPSA) is 109 Å². The number of nitrogens with zero attached hydrogens (tertiary/aromatic N) is 2. The lowest BCUT2D eigenvalue weighted by Gasteiger charge is -1.98. The van der Waals surface area contributed by atoms with Gasteiger partial charge in [0.2, 0.25) is 5.76 Å². The summed E-state index contributed by atoms with van der Waals surface area (Å²) < 4.78 is 15.3. The molecule has 0 aliphatic heterocycles. The predicted molar refractivity (Wildman–Crippen MR) is 86.1 cm³/mol. The molecular formula is C17H12N2O6. The largest absolute Gasteiger partial charge is 0.461 e. The average molecular weight is 340 g/mol. The molecule has 3 aromatic rings. The van der Waals surface area contributed by atoms with Crippen LogP contribution in [0.4, 0.5) is 5.69 Å². The van der Waals surface area contributed by atoms with Gasteiger partial charge in [-0.05, 0) is 23.8 Å². The Morgan fingerprint density at radius 2 is 2.12 bits per heavy atom. The van der Waals surface area contributed by atoms with Gasteiger partial charge in [-0.15, -0.1) is 0 Å². The van der Waals surface area contributed by atoms with E-state index in [1.807, 2.05) is 0 Å². The summed E-state index contributed by atoms with van der Waals surface area (Å²) in [4.78, 5) is 21.9. The average Bonchev–Trinajstić information content (AvgIpc) is 3.29. The first-order valence-corrected chi connectivity index (χ1v) is 7.20. The number of rotatable bonds is 6. The molecule has 0 atom stereocenters. The lowest BCUT2D eigenvalue weighted by Crippen LogP contribution is -2.00. The molecule has 0 unspecified atom stereocenters. The van der Waals surface area contributed by atoms with Gasteiger partial charge in [-0.3, -0.25) is 10.1 Å². The van der Waals surface area contributed by atoms with E-state index in [1.165, 1.54) is 36.6 Å². The van der Waals surface area contributed by atoms with Crippen LogP contribution in [0.1, 0.15) is 11.3 Å². The van der Waals surface area contributed by atoms with Crippen LogP contribution in [-0.2, 0) is 16.1 Å². The Hall–Kier alpha value is -3.68. The Morgan fingerprint density at radius 1 is 1.24 bits per heavy atom. The van der Waals surface area contributed by atoms with Gasteiger partial charge >= 0.3 is 5.97 Å². The van der Waals surface area contributed by atoms with Crippen molar-refractivity contribution in [1.29, 1.82) is 0 Å². The highest BCUT2D eigenvalue weighted by atomic mass is 16.6. The van der Waals surface area contributed by atoms with Crippen LogP contribution in [0.15, 0.2) is 63.7 Å². The number of carbonyl (C=O) groups excluding carboxylic acids is 1. The fourth-order valence-corrected chi connectivity index (χ4v) is 2.01. The fraction of sp³-hybridized carbons (Fsp3) is 0.0588. The van der Waals surface area contributed by atoms with Crippen molar-refractivity contribution < 1.29 is 23.4 Å². The van der Waals surface area contributed by atoms with E-state index in [0.29, 0.717) is 22.8 Å². The van der Waals surface area contributed by atoms with Crippen molar-refractivity contribution >= 4 is 17.7 Å². The van der Waals surface area contributed by atoms with Crippen LogP contribution < -0.4 is 0 Å². The summed E-state index contributed by atoms with van der Waals surface area (Å²) in [5.41, 5.74) is 0.903. The summed E-state index contributed by atoms with van der Waals surface area (Å²) in [5.74, 6) is 0.355. The summed E-state index contributed by atoms with van der Waals surface area (Å²) >= 11 is 0. The predicted octanol–water partition coefficient (Wildman–Crippen LogP) is 3.60. The molecule has 126 valence electrons. The van der Waals surface area contributed by atoms with Crippen LogP contribution in [0.2, 0.25) is 0 Å². The molecule has 0 aliphatic carbocycles. The minimum absolute atomic E-state index is 0.0522. The molecule has 8 heteroatoms. The number of benzene rings is 1. The van der Waals surface area contributed by atoms with Crippen molar-refractivity contribution in [2.24, 2.45) is 0 Å². The Kier molecular flexibility index (Phi) is 4.70. The zero-order valence-electron chi connectivity index (χ0n) is 12.8. The highest BCUT2D eigenvalue weighted by Gasteiger charge is 2.10. The normalized spacial score (nSPS) is 10.9. The SMILES string of the molecule is O=C(/C=C/c1cccc([N+](=O)[O-])c1)OCc1cc(-c2ccco2)on1. The van der Waals surface area contributed by atoms with Crippen LogP contribution in [-0.4, -0.2) is 16.0 Å². The highest BCUT2D eigenvalue weighted by Crippen LogP contribution is 2.20. The summed E-state index contributed by atoms with van der Waals surface area (Å²) in [7, 11) is 0. The van der Waals surface area contributed by atoms with E-state index in [1.54, 1.807) is 24.3 Å². The standard InChI is InChI=1S/C17H12N2O6/c20-17(7-6-12-3-1-4-14(9-12)19(21)22)24-11-13-10-16(25-18-13)15-5-2-8-23-15/h1-10H,11H2/b7-6+. The monoisotopic (exact) mass is 340 g/mol. The van der Waals surface area contributed by atoms with Crippen molar-refractivity contribution in [3.05, 3.63) is 76.2 Å². The van der Waals surface area contributed by atoms with Crippen molar-refractivity contribution in [3.63, 3.8) is 0 Å². The Balaban J connectivity index is 1.56. The van der Waals surface area contributed by atoms with Gasteiger partial charge in [-0.2, -0.15) is 0 Å². The van der Waals surface area contributed by atoms with Crippen LogP contribution in [0.25, 0.3) is 17.6 Å². The number of ether oxygens (including phenoxy) is 1. The molecule has 0 saturated heterocycles. The number of hydrogen-bond acceptors (Lipinski definition) is 7. The second-order valence-corrected chi connectivity index (χ2v) is 4.95. The van der Waals surface area contributed by atoms with Crippen molar-refractivity contribution in [3.8, 4) is 11.5 Å². The number of carbonyl (C=O) groups is 1. The summed E-state index contributed by atoms with van der Waals surface area (Å²) in [5, 5.41) is 14.5. The van der Waals surface area contributed by atoms with Crippen LogP contribution in [0.5, 0.6) is 0 Å². The molecule has 0 spiro atoms. The molecule has 0 bridgehead atoms. The molecular weight excluding hydrogens is 328 g/mol. The van der Waals surface area contributed by atoms with Gasteiger partial charge in [0.25, 0.3) is 5.69 Å². The minimum atomic E-state index is -0.603. The van der Waals surface area contributed by atoms with E-state index in [2.05, 4.69) is 5.16 Å². The summed E-state index contributed by atoms with van der Waals surface area (Å²) in [6.45, 7) is -0.0671. The quantitative estimate of drug-likeness (QED) is 0.292. The van der Waals surface area contributed by atoms with Gasteiger partial charge < -0.3 is 13.7 Å². The molecule has 1 aromatic carbocycles. The number of esters is 1.